The van der Waals surface area contributed by atoms with Gasteiger partial charge in [-0.25, -0.2) is 0 Å². The average molecular weight is 247 g/mol. The van der Waals surface area contributed by atoms with Crippen molar-refractivity contribution < 1.29 is 9.53 Å². The molecule has 1 aliphatic carbocycles. The lowest BCUT2D eigenvalue weighted by Crippen LogP contribution is -2.18. The second-order valence-electron chi connectivity index (χ2n) is 4.84. The largest absolute Gasteiger partial charge is 0.469 e. The fraction of sp³-hybridized carbons (Fsp3) is 0.533. The van der Waals surface area contributed by atoms with Gasteiger partial charge in [-0.05, 0) is 49.4 Å². The van der Waals surface area contributed by atoms with Crippen LogP contribution in [0.5, 0.6) is 0 Å². The second kappa shape index (κ2) is 6.01. The number of ether oxygens (including phenoxy) is 1. The Morgan fingerprint density at radius 1 is 1.39 bits per heavy atom. The van der Waals surface area contributed by atoms with E-state index in [2.05, 4.69) is 28.3 Å². The monoisotopic (exact) mass is 247 g/mol. The van der Waals surface area contributed by atoms with E-state index in [0.29, 0.717) is 6.42 Å². The number of fused-ring (bicyclic) bond motifs is 1. The molecular weight excluding hydrogens is 226 g/mol. The number of carbonyl (C=O) groups excluding carboxylic acids is 1. The summed E-state index contributed by atoms with van der Waals surface area (Å²) in [6, 6.07) is 6.94. The molecule has 1 aliphatic rings. The Labute approximate surface area is 109 Å². The molecule has 1 unspecified atom stereocenters. The summed E-state index contributed by atoms with van der Waals surface area (Å²) in [4.78, 5) is 11.2. The Bertz CT molecular complexity index is 429. The van der Waals surface area contributed by atoms with Gasteiger partial charge in [0.1, 0.15) is 0 Å². The fourth-order valence-electron chi connectivity index (χ4n) is 2.65. The molecule has 0 amide bonds. The van der Waals surface area contributed by atoms with Gasteiger partial charge in [-0.1, -0.05) is 18.2 Å². The number of hydrogen-bond donors (Lipinski definition) is 1. The van der Waals surface area contributed by atoms with E-state index in [9.17, 15) is 4.79 Å². The summed E-state index contributed by atoms with van der Waals surface area (Å²) in [6.07, 6.45) is 4.91. The van der Waals surface area contributed by atoms with Crippen molar-refractivity contribution in [3.63, 3.8) is 0 Å². The third-order valence-corrected chi connectivity index (χ3v) is 3.74. The Morgan fingerprint density at radius 2 is 2.17 bits per heavy atom. The Balaban J connectivity index is 2.05. The first-order chi connectivity index (χ1) is 8.74. The Kier molecular flexibility index (Phi) is 4.37. The molecule has 0 saturated carbocycles. The lowest BCUT2D eigenvalue weighted by atomic mass is 9.98. The summed E-state index contributed by atoms with van der Waals surface area (Å²) in [5.41, 5.74) is 4.24. The summed E-state index contributed by atoms with van der Waals surface area (Å²) in [5, 5.41) is 3.28. The smallest absolute Gasteiger partial charge is 0.305 e. The second-order valence-corrected chi connectivity index (χ2v) is 4.84. The van der Waals surface area contributed by atoms with Gasteiger partial charge in [0.15, 0.2) is 0 Å². The minimum absolute atomic E-state index is 0.142. The van der Waals surface area contributed by atoms with E-state index in [-0.39, 0.29) is 12.0 Å². The zero-order valence-corrected chi connectivity index (χ0v) is 11.2. The molecule has 1 aromatic carbocycles. The standard InChI is InChI=1S/C15H21NO2/c1-16-14(8-9-15(17)18-2)13-7-6-11-4-3-5-12(11)10-13/h6-7,10,14,16H,3-5,8-9H2,1-2H3. The highest BCUT2D eigenvalue weighted by molar-refractivity contribution is 5.69. The van der Waals surface area contributed by atoms with Gasteiger partial charge in [-0.3, -0.25) is 4.79 Å². The molecule has 0 bridgehead atoms. The molecule has 98 valence electrons. The maximum atomic E-state index is 11.2. The lowest BCUT2D eigenvalue weighted by molar-refractivity contribution is -0.140. The van der Waals surface area contributed by atoms with E-state index >= 15 is 0 Å². The van der Waals surface area contributed by atoms with Gasteiger partial charge in [0.05, 0.1) is 7.11 Å². The summed E-state index contributed by atoms with van der Waals surface area (Å²) < 4.78 is 4.69. The van der Waals surface area contributed by atoms with Crippen LogP contribution >= 0.6 is 0 Å². The van der Waals surface area contributed by atoms with Crippen LogP contribution in [0.4, 0.5) is 0 Å². The van der Waals surface area contributed by atoms with E-state index in [0.717, 1.165) is 6.42 Å². The molecule has 0 radical (unpaired) electrons. The predicted octanol–water partition coefficient (Wildman–Crippen LogP) is 2.39. The highest BCUT2D eigenvalue weighted by Gasteiger charge is 2.16. The van der Waals surface area contributed by atoms with Crippen LogP contribution in [-0.4, -0.2) is 20.1 Å². The van der Waals surface area contributed by atoms with Crippen LogP contribution in [0.1, 0.15) is 42.0 Å². The van der Waals surface area contributed by atoms with Gasteiger partial charge in [-0.15, -0.1) is 0 Å². The van der Waals surface area contributed by atoms with Crippen LogP contribution in [0, 0.1) is 0 Å². The van der Waals surface area contributed by atoms with Gasteiger partial charge < -0.3 is 10.1 Å². The summed E-state index contributed by atoms with van der Waals surface area (Å²) in [7, 11) is 3.38. The van der Waals surface area contributed by atoms with E-state index < -0.39 is 0 Å². The predicted molar refractivity (Wildman–Crippen MR) is 71.5 cm³/mol. The molecule has 0 aromatic heterocycles. The fourth-order valence-corrected chi connectivity index (χ4v) is 2.65. The van der Waals surface area contributed by atoms with E-state index in [1.807, 2.05) is 7.05 Å². The van der Waals surface area contributed by atoms with Crippen LogP contribution in [0.3, 0.4) is 0 Å². The molecule has 0 spiro atoms. The number of esters is 1. The molecule has 2 rings (SSSR count). The number of methoxy groups -OCH3 is 1. The minimum Gasteiger partial charge on any atom is -0.469 e. The Hall–Kier alpha value is -1.35. The third kappa shape index (κ3) is 2.91. The molecule has 18 heavy (non-hydrogen) atoms. The molecule has 1 atom stereocenters. The van der Waals surface area contributed by atoms with E-state index in [1.165, 1.54) is 43.1 Å². The molecule has 0 heterocycles. The Morgan fingerprint density at radius 3 is 2.89 bits per heavy atom. The first kappa shape index (κ1) is 13.1. The van der Waals surface area contributed by atoms with Gasteiger partial charge in [0.2, 0.25) is 0 Å². The highest BCUT2D eigenvalue weighted by atomic mass is 16.5. The summed E-state index contributed by atoms with van der Waals surface area (Å²) >= 11 is 0. The van der Waals surface area contributed by atoms with Gasteiger partial charge in [0.25, 0.3) is 0 Å². The molecule has 0 fully saturated rings. The normalized spacial score (nSPS) is 15.2. The number of benzene rings is 1. The first-order valence-corrected chi connectivity index (χ1v) is 6.60. The zero-order valence-electron chi connectivity index (χ0n) is 11.2. The minimum atomic E-state index is -0.142. The molecule has 1 N–H and O–H groups in total. The van der Waals surface area contributed by atoms with Gasteiger partial charge in [-0.2, -0.15) is 0 Å². The van der Waals surface area contributed by atoms with Gasteiger partial charge >= 0.3 is 5.97 Å². The van der Waals surface area contributed by atoms with E-state index in [4.69, 9.17) is 0 Å². The lowest BCUT2D eigenvalue weighted by Gasteiger charge is -2.17. The zero-order chi connectivity index (χ0) is 13.0. The SMILES string of the molecule is CNC(CCC(=O)OC)c1ccc2c(c1)CCC2. The van der Waals surface area contributed by atoms with Crippen LogP contribution in [0.25, 0.3) is 0 Å². The number of hydrogen-bond acceptors (Lipinski definition) is 3. The quantitative estimate of drug-likeness (QED) is 0.812. The maximum Gasteiger partial charge on any atom is 0.305 e. The van der Waals surface area contributed by atoms with Crippen LogP contribution in [0.15, 0.2) is 18.2 Å². The van der Waals surface area contributed by atoms with Crippen molar-refractivity contribution in [1.82, 2.24) is 5.32 Å². The molecular formula is C15H21NO2. The number of nitrogens with one attached hydrogen (secondary N) is 1. The number of aryl methyl sites for hydroxylation is 2. The van der Waals surface area contributed by atoms with Crippen molar-refractivity contribution in [3.05, 3.63) is 34.9 Å². The topological polar surface area (TPSA) is 38.3 Å². The third-order valence-electron chi connectivity index (χ3n) is 3.74. The summed E-state index contributed by atoms with van der Waals surface area (Å²) in [5.74, 6) is -0.142. The first-order valence-electron chi connectivity index (χ1n) is 6.60. The van der Waals surface area contributed by atoms with Crippen molar-refractivity contribution in [2.24, 2.45) is 0 Å². The average Bonchev–Trinajstić information content (AvgIpc) is 2.86. The van der Waals surface area contributed by atoms with Crippen molar-refractivity contribution in [2.75, 3.05) is 14.2 Å². The molecule has 0 aliphatic heterocycles. The van der Waals surface area contributed by atoms with Crippen molar-refractivity contribution in [1.29, 1.82) is 0 Å². The molecule has 0 saturated heterocycles. The molecule has 1 aromatic rings. The van der Waals surface area contributed by atoms with Crippen molar-refractivity contribution in [3.8, 4) is 0 Å². The summed E-state index contributed by atoms with van der Waals surface area (Å²) in [6.45, 7) is 0. The number of rotatable bonds is 5. The molecule has 3 heteroatoms. The van der Waals surface area contributed by atoms with Gasteiger partial charge in [0, 0.05) is 12.5 Å². The van der Waals surface area contributed by atoms with Crippen molar-refractivity contribution >= 4 is 5.97 Å². The van der Waals surface area contributed by atoms with E-state index in [1.54, 1.807) is 0 Å². The van der Waals surface area contributed by atoms with Crippen molar-refractivity contribution in [2.45, 2.75) is 38.1 Å². The maximum absolute atomic E-state index is 11.2. The highest BCUT2D eigenvalue weighted by Crippen LogP contribution is 2.27. The van der Waals surface area contributed by atoms with Crippen LogP contribution < -0.4 is 5.32 Å². The molecule has 3 nitrogen and oxygen atoms in total. The van der Waals surface area contributed by atoms with Crippen LogP contribution in [-0.2, 0) is 22.4 Å². The van der Waals surface area contributed by atoms with Crippen LogP contribution in [0.2, 0.25) is 0 Å². The number of carbonyl (C=O) groups is 1.